The summed E-state index contributed by atoms with van der Waals surface area (Å²) in [5.74, 6) is -0.558. The second kappa shape index (κ2) is 5.98. The quantitative estimate of drug-likeness (QED) is 0.824. The van der Waals surface area contributed by atoms with Crippen molar-refractivity contribution in [1.29, 1.82) is 0 Å². The van der Waals surface area contributed by atoms with Crippen LogP contribution in [0.1, 0.15) is 4.88 Å². The Morgan fingerprint density at radius 1 is 1.40 bits per heavy atom. The number of anilines is 1. The number of rotatable bonds is 4. The Bertz CT molecular complexity index is 748. The normalized spacial score (nSPS) is 11.6. The van der Waals surface area contributed by atoms with E-state index in [2.05, 4.69) is 20.7 Å². The Morgan fingerprint density at radius 3 is 2.65 bits per heavy atom. The molecule has 9 heteroatoms. The zero-order valence-electron chi connectivity index (χ0n) is 9.73. The Labute approximate surface area is 132 Å². The van der Waals surface area contributed by atoms with Crippen LogP contribution in [0.15, 0.2) is 32.9 Å². The highest BCUT2D eigenvalue weighted by atomic mass is 79.9. The van der Waals surface area contributed by atoms with E-state index in [-0.39, 0.29) is 22.2 Å². The van der Waals surface area contributed by atoms with Crippen LogP contribution in [0.4, 0.5) is 10.1 Å². The Kier molecular flexibility index (Phi) is 4.70. The Hall–Kier alpha value is -0.670. The molecule has 0 unspecified atom stereocenters. The number of benzene rings is 1. The molecule has 0 amide bonds. The van der Waals surface area contributed by atoms with Crippen LogP contribution in [0, 0.1) is 5.82 Å². The third kappa shape index (κ3) is 3.32. The van der Waals surface area contributed by atoms with E-state index in [4.69, 9.17) is 16.7 Å². The van der Waals surface area contributed by atoms with Gasteiger partial charge in [0.25, 0.3) is 10.0 Å². The van der Waals surface area contributed by atoms with E-state index in [0.717, 1.165) is 23.5 Å². The second-order valence-electron chi connectivity index (χ2n) is 3.74. The first kappa shape index (κ1) is 15.7. The summed E-state index contributed by atoms with van der Waals surface area (Å²) in [4.78, 5) is 0.495. The predicted molar refractivity (Wildman–Crippen MR) is 80.2 cm³/mol. The van der Waals surface area contributed by atoms with Gasteiger partial charge in [0.15, 0.2) is 0 Å². The van der Waals surface area contributed by atoms with Crippen molar-refractivity contribution in [1.82, 2.24) is 0 Å². The summed E-state index contributed by atoms with van der Waals surface area (Å²) in [7, 11) is -3.87. The molecule has 0 atom stereocenters. The molecule has 2 rings (SSSR count). The monoisotopic (exact) mass is 399 g/mol. The van der Waals surface area contributed by atoms with Crippen LogP contribution in [-0.2, 0) is 16.6 Å². The maximum absolute atomic E-state index is 12.9. The van der Waals surface area contributed by atoms with Gasteiger partial charge in [0, 0.05) is 4.88 Å². The van der Waals surface area contributed by atoms with E-state index in [9.17, 15) is 12.8 Å². The lowest BCUT2D eigenvalue weighted by Gasteiger charge is -2.08. The van der Waals surface area contributed by atoms with E-state index in [1.807, 2.05) is 0 Å². The molecular formula is C11H8BrClFNO3S2. The van der Waals surface area contributed by atoms with Crippen molar-refractivity contribution in [3.05, 3.63) is 43.8 Å². The first-order chi connectivity index (χ1) is 9.33. The summed E-state index contributed by atoms with van der Waals surface area (Å²) in [5, 5.41) is 8.98. The fraction of sp³-hybridized carbons (Fsp3) is 0.0909. The van der Waals surface area contributed by atoms with Gasteiger partial charge in [-0.3, -0.25) is 4.72 Å². The second-order valence-corrected chi connectivity index (χ2v) is 8.25. The minimum absolute atomic E-state index is 0.00746. The lowest BCUT2D eigenvalue weighted by atomic mass is 10.3. The van der Waals surface area contributed by atoms with Crippen LogP contribution in [0.25, 0.3) is 0 Å². The van der Waals surface area contributed by atoms with Crippen LogP contribution in [0.3, 0.4) is 0 Å². The van der Waals surface area contributed by atoms with E-state index >= 15 is 0 Å². The maximum Gasteiger partial charge on any atom is 0.263 e. The van der Waals surface area contributed by atoms with Crippen LogP contribution >= 0.6 is 38.9 Å². The number of nitrogens with one attached hydrogen (secondary N) is 1. The molecule has 2 N–H and O–H groups in total. The molecule has 4 nitrogen and oxygen atoms in total. The van der Waals surface area contributed by atoms with Gasteiger partial charge in [-0.1, -0.05) is 11.6 Å². The van der Waals surface area contributed by atoms with Gasteiger partial charge in [-0.15, -0.1) is 11.3 Å². The van der Waals surface area contributed by atoms with Crippen molar-refractivity contribution in [3.63, 3.8) is 0 Å². The van der Waals surface area contributed by atoms with Gasteiger partial charge < -0.3 is 5.11 Å². The van der Waals surface area contributed by atoms with Crippen molar-refractivity contribution in [2.24, 2.45) is 0 Å². The summed E-state index contributed by atoms with van der Waals surface area (Å²) >= 11 is 10.0. The van der Waals surface area contributed by atoms with Crippen molar-refractivity contribution < 1.29 is 17.9 Å². The zero-order valence-corrected chi connectivity index (χ0v) is 13.7. The summed E-state index contributed by atoms with van der Waals surface area (Å²) in [5.41, 5.74) is 0.0803. The van der Waals surface area contributed by atoms with Crippen LogP contribution in [-0.4, -0.2) is 13.5 Å². The molecule has 1 aromatic heterocycles. The molecule has 0 aliphatic heterocycles. The third-order valence-electron chi connectivity index (χ3n) is 2.33. The first-order valence-electron chi connectivity index (χ1n) is 5.20. The molecule has 2 aromatic rings. The molecule has 1 aromatic carbocycles. The largest absolute Gasteiger partial charge is 0.391 e. The number of halogens is 3. The van der Waals surface area contributed by atoms with Gasteiger partial charge in [0.1, 0.15) is 10.7 Å². The Balaban J connectivity index is 2.38. The van der Waals surface area contributed by atoms with E-state index in [1.54, 1.807) is 0 Å². The Morgan fingerprint density at radius 2 is 2.10 bits per heavy atom. The minimum Gasteiger partial charge on any atom is -0.391 e. The van der Waals surface area contributed by atoms with Crippen molar-refractivity contribution in [2.45, 2.75) is 11.5 Å². The zero-order chi connectivity index (χ0) is 14.9. The summed E-state index contributed by atoms with van der Waals surface area (Å²) in [6.45, 7) is -0.254. The highest BCUT2D eigenvalue weighted by Crippen LogP contribution is 2.34. The molecular weight excluding hydrogens is 393 g/mol. The molecule has 0 spiro atoms. The van der Waals surface area contributed by atoms with Crippen LogP contribution in [0.5, 0.6) is 0 Å². The molecule has 0 saturated heterocycles. The molecule has 1 heterocycles. The summed E-state index contributed by atoms with van der Waals surface area (Å²) in [6.07, 6.45) is 0. The number of aliphatic hydroxyl groups is 1. The van der Waals surface area contributed by atoms with Crippen molar-refractivity contribution in [3.8, 4) is 0 Å². The maximum atomic E-state index is 12.9. The molecule has 0 radical (unpaired) electrons. The summed E-state index contributed by atoms with van der Waals surface area (Å²) < 4.78 is 40.0. The average molecular weight is 401 g/mol. The van der Waals surface area contributed by atoms with Gasteiger partial charge in [-0.05, 0) is 40.2 Å². The number of sulfonamides is 1. The van der Waals surface area contributed by atoms with Crippen molar-refractivity contribution in [2.75, 3.05) is 4.72 Å². The average Bonchev–Trinajstić information content (AvgIpc) is 2.75. The van der Waals surface area contributed by atoms with Gasteiger partial charge in [-0.25, -0.2) is 12.8 Å². The molecule has 0 fully saturated rings. The molecule has 0 aliphatic rings. The molecule has 0 aliphatic carbocycles. The third-order valence-corrected chi connectivity index (χ3v) is 6.24. The topological polar surface area (TPSA) is 66.4 Å². The minimum atomic E-state index is -3.87. The highest BCUT2D eigenvalue weighted by molar-refractivity contribution is 9.11. The fourth-order valence-corrected chi connectivity index (χ4v) is 5.32. The number of aliphatic hydroxyl groups excluding tert-OH is 1. The van der Waals surface area contributed by atoms with E-state index in [1.165, 1.54) is 12.1 Å². The van der Waals surface area contributed by atoms with Gasteiger partial charge >= 0.3 is 0 Å². The summed E-state index contributed by atoms with van der Waals surface area (Å²) in [6, 6.07) is 4.71. The lowest BCUT2D eigenvalue weighted by molar-refractivity contribution is 0.285. The van der Waals surface area contributed by atoms with E-state index in [0.29, 0.717) is 8.66 Å². The smallest absolute Gasteiger partial charge is 0.263 e. The standard InChI is InChI=1S/C11H8BrClFNO3S2/c12-11-10(4-7(5-16)19-11)20(17,18)15-9-2-1-6(14)3-8(9)13/h1-4,15-16H,5H2. The number of thiophene rings is 1. The molecule has 108 valence electrons. The lowest BCUT2D eigenvalue weighted by Crippen LogP contribution is -2.13. The highest BCUT2D eigenvalue weighted by Gasteiger charge is 2.22. The molecule has 0 bridgehead atoms. The number of hydrogen-bond donors (Lipinski definition) is 2. The van der Waals surface area contributed by atoms with Gasteiger partial charge in [0.2, 0.25) is 0 Å². The first-order valence-corrected chi connectivity index (χ1v) is 8.67. The molecule has 0 saturated carbocycles. The van der Waals surface area contributed by atoms with Gasteiger partial charge in [0.05, 0.1) is 21.1 Å². The fourth-order valence-electron chi connectivity index (χ4n) is 1.43. The van der Waals surface area contributed by atoms with Crippen LogP contribution < -0.4 is 4.72 Å². The van der Waals surface area contributed by atoms with Crippen LogP contribution in [0.2, 0.25) is 5.02 Å². The molecule has 20 heavy (non-hydrogen) atoms. The predicted octanol–water partition coefficient (Wildman–Crippen LogP) is 3.60. The number of hydrogen-bond acceptors (Lipinski definition) is 4. The van der Waals surface area contributed by atoms with Crippen molar-refractivity contribution >= 4 is 54.6 Å². The van der Waals surface area contributed by atoms with E-state index < -0.39 is 15.8 Å². The van der Waals surface area contributed by atoms with Gasteiger partial charge in [-0.2, -0.15) is 0 Å². The SMILES string of the molecule is O=S(=O)(Nc1ccc(F)cc1Cl)c1cc(CO)sc1Br.